The third-order valence-electron chi connectivity index (χ3n) is 3.90. The highest BCUT2D eigenvalue weighted by Crippen LogP contribution is 2.23. The van der Waals surface area contributed by atoms with Gasteiger partial charge in [-0.3, -0.25) is 0 Å². The van der Waals surface area contributed by atoms with Crippen LogP contribution in [0.25, 0.3) is 0 Å². The summed E-state index contributed by atoms with van der Waals surface area (Å²) in [7, 11) is 0. The number of aryl methyl sites for hydroxylation is 1. The minimum Gasteiger partial charge on any atom is -0.317 e. The summed E-state index contributed by atoms with van der Waals surface area (Å²) >= 11 is 0. The van der Waals surface area contributed by atoms with Crippen LogP contribution in [0.3, 0.4) is 0 Å². The Kier molecular flexibility index (Phi) is 4.08. The predicted molar refractivity (Wildman–Crippen MR) is 78.0 cm³/mol. The number of rotatable bonds is 4. The smallest absolute Gasteiger partial charge is 0.146 e. The second kappa shape index (κ2) is 6.15. The Hall–Kier alpha value is -1.72. The van der Waals surface area contributed by atoms with Gasteiger partial charge in [-0.2, -0.15) is 0 Å². The first kappa shape index (κ1) is 13.3. The molecule has 0 aliphatic carbocycles. The fourth-order valence-electron chi connectivity index (χ4n) is 2.77. The van der Waals surface area contributed by atoms with E-state index in [9.17, 15) is 0 Å². The van der Waals surface area contributed by atoms with E-state index in [1.807, 2.05) is 0 Å². The van der Waals surface area contributed by atoms with Gasteiger partial charge in [0.1, 0.15) is 12.2 Å². The van der Waals surface area contributed by atoms with Crippen LogP contribution in [0.1, 0.15) is 36.3 Å². The molecule has 1 aliphatic rings. The molecule has 2 aromatic rings. The normalized spacial score (nSPS) is 18.6. The third kappa shape index (κ3) is 2.73. The maximum absolute atomic E-state index is 4.19. The maximum atomic E-state index is 4.19. The Labute approximate surface area is 119 Å². The first-order valence-electron chi connectivity index (χ1n) is 7.27. The van der Waals surface area contributed by atoms with Gasteiger partial charge in [0.15, 0.2) is 0 Å². The minimum atomic E-state index is 0.378. The van der Waals surface area contributed by atoms with Crippen LogP contribution in [0.5, 0.6) is 0 Å². The van der Waals surface area contributed by atoms with Crippen molar-refractivity contribution < 1.29 is 0 Å². The zero-order valence-electron chi connectivity index (χ0n) is 11.8. The molecule has 0 fully saturated rings. The van der Waals surface area contributed by atoms with Gasteiger partial charge < -0.3 is 15.2 Å². The number of benzene rings is 1. The highest BCUT2D eigenvalue weighted by Gasteiger charge is 2.18. The van der Waals surface area contributed by atoms with E-state index in [0.29, 0.717) is 6.04 Å². The van der Waals surface area contributed by atoms with Crippen LogP contribution in [0.2, 0.25) is 0 Å². The van der Waals surface area contributed by atoms with Crippen molar-refractivity contribution in [3.05, 3.63) is 47.5 Å². The first-order chi connectivity index (χ1) is 9.88. The van der Waals surface area contributed by atoms with Gasteiger partial charge in [-0.15, -0.1) is 10.2 Å². The Morgan fingerprint density at radius 1 is 1.40 bits per heavy atom. The average molecular weight is 271 g/mol. The molecule has 0 saturated heterocycles. The standard InChI is InChI=1S/C15H21N5/c1-2-20-11-18-19-15(20)10-17-14-7-8-16-9-12-5-3-4-6-13(12)14/h3-6,11,14,16-17H,2,7-10H2,1H3. The molecule has 0 saturated carbocycles. The summed E-state index contributed by atoms with van der Waals surface area (Å²) in [6.07, 6.45) is 2.89. The molecule has 1 aromatic carbocycles. The van der Waals surface area contributed by atoms with E-state index in [4.69, 9.17) is 0 Å². The lowest BCUT2D eigenvalue weighted by Gasteiger charge is -2.18. The number of hydrogen-bond acceptors (Lipinski definition) is 4. The Morgan fingerprint density at radius 2 is 2.30 bits per heavy atom. The summed E-state index contributed by atoms with van der Waals surface area (Å²) in [6, 6.07) is 9.04. The van der Waals surface area contributed by atoms with E-state index in [-0.39, 0.29) is 0 Å². The number of nitrogens with one attached hydrogen (secondary N) is 2. The zero-order chi connectivity index (χ0) is 13.8. The van der Waals surface area contributed by atoms with E-state index < -0.39 is 0 Å². The van der Waals surface area contributed by atoms with Crippen LogP contribution in [0, 0.1) is 0 Å². The zero-order valence-corrected chi connectivity index (χ0v) is 11.8. The van der Waals surface area contributed by atoms with Crippen molar-refractivity contribution in [2.24, 2.45) is 0 Å². The summed E-state index contributed by atoms with van der Waals surface area (Å²) in [5, 5.41) is 15.3. The Bertz CT molecular complexity index is 563. The molecule has 0 radical (unpaired) electrons. The molecule has 1 aromatic heterocycles. The van der Waals surface area contributed by atoms with E-state index in [2.05, 4.69) is 56.6 Å². The molecule has 1 unspecified atom stereocenters. The van der Waals surface area contributed by atoms with Crippen LogP contribution < -0.4 is 10.6 Å². The van der Waals surface area contributed by atoms with Crippen molar-refractivity contribution in [3.8, 4) is 0 Å². The van der Waals surface area contributed by atoms with Gasteiger partial charge in [0.25, 0.3) is 0 Å². The van der Waals surface area contributed by atoms with Crippen molar-refractivity contribution in [2.75, 3.05) is 6.54 Å². The summed E-state index contributed by atoms with van der Waals surface area (Å²) < 4.78 is 2.08. The second-order valence-electron chi connectivity index (χ2n) is 5.13. The van der Waals surface area contributed by atoms with Crippen LogP contribution in [-0.2, 0) is 19.6 Å². The van der Waals surface area contributed by atoms with Crippen molar-refractivity contribution in [2.45, 2.75) is 39.0 Å². The second-order valence-corrected chi connectivity index (χ2v) is 5.13. The molecule has 1 aliphatic heterocycles. The number of aromatic nitrogens is 3. The van der Waals surface area contributed by atoms with Gasteiger partial charge in [-0.25, -0.2) is 0 Å². The molecule has 5 nitrogen and oxygen atoms in total. The molecular formula is C15H21N5. The SMILES string of the molecule is CCn1cnnc1CNC1CCNCc2ccccc21. The molecule has 106 valence electrons. The lowest BCUT2D eigenvalue weighted by atomic mass is 9.99. The highest BCUT2D eigenvalue weighted by atomic mass is 15.3. The van der Waals surface area contributed by atoms with Crippen molar-refractivity contribution in [3.63, 3.8) is 0 Å². The maximum Gasteiger partial charge on any atom is 0.146 e. The van der Waals surface area contributed by atoms with E-state index in [0.717, 1.165) is 38.4 Å². The van der Waals surface area contributed by atoms with Crippen molar-refractivity contribution in [1.82, 2.24) is 25.4 Å². The molecule has 0 spiro atoms. The molecule has 20 heavy (non-hydrogen) atoms. The number of fused-ring (bicyclic) bond motifs is 1. The topological polar surface area (TPSA) is 54.8 Å². The largest absolute Gasteiger partial charge is 0.317 e. The molecule has 3 rings (SSSR count). The average Bonchev–Trinajstić information content (AvgIpc) is 2.85. The van der Waals surface area contributed by atoms with Gasteiger partial charge >= 0.3 is 0 Å². The lowest BCUT2D eigenvalue weighted by Crippen LogP contribution is -2.24. The molecule has 0 amide bonds. The van der Waals surface area contributed by atoms with Crippen LogP contribution in [-0.4, -0.2) is 21.3 Å². The molecule has 2 heterocycles. The van der Waals surface area contributed by atoms with E-state index in [1.165, 1.54) is 11.1 Å². The van der Waals surface area contributed by atoms with Crippen LogP contribution >= 0.6 is 0 Å². The van der Waals surface area contributed by atoms with Gasteiger partial charge in [-0.05, 0) is 31.0 Å². The summed E-state index contributed by atoms with van der Waals surface area (Å²) in [4.78, 5) is 0. The lowest BCUT2D eigenvalue weighted by molar-refractivity contribution is 0.479. The Morgan fingerprint density at radius 3 is 3.20 bits per heavy atom. The summed E-state index contributed by atoms with van der Waals surface area (Å²) in [5.74, 6) is 1.00. The first-order valence-corrected chi connectivity index (χ1v) is 7.27. The van der Waals surface area contributed by atoms with Gasteiger partial charge in [-0.1, -0.05) is 24.3 Å². The minimum absolute atomic E-state index is 0.378. The van der Waals surface area contributed by atoms with Crippen molar-refractivity contribution >= 4 is 0 Å². The van der Waals surface area contributed by atoms with Crippen molar-refractivity contribution in [1.29, 1.82) is 0 Å². The number of hydrogen-bond donors (Lipinski definition) is 2. The van der Waals surface area contributed by atoms with E-state index >= 15 is 0 Å². The predicted octanol–water partition coefficient (Wildman–Crippen LogP) is 1.62. The van der Waals surface area contributed by atoms with E-state index in [1.54, 1.807) is 6.33 Å². The quantitative estimate of drug-likeness (QED) is 0.887. The summed E-state index contributed by atoms with van der Waals surface area (Å²) in [6.45, 7) is 5.77. The summed E-state index contributed by atoms with van der Waals surface area (Å²) in [5.41, 5.74) is 2.79. The van der Waals surface area contributed by atoms with Gasteiger partial charge in [0.05, 0.1) is 6.54 Å². The highest BCUT2D eigenvalue weighted by molar-refractivity contribution is 5.31. The fourth-order valence-corrected chi connectivity index (χ4v) is 2.77. The number of nitrogens with zero attached hydrogens (tertiary/aromatic N) is 3. The molecule has 1 atom stereocenters. The molecule has 2 N–H and O–H groups in total. The molecule has 0 bridgehead atoms. The fraction of sp³-hybridized carbons (Fsp3) is 0.467. The third-order valence-corrected chi connectivity index (χ3v) is 3.90. The Balaban J connectivity index is 1.74. The van der Waals surface area contributed by atoms with Gasteiger partial charge in [0.2, 0.25) is 0 Å². The van der Waals surface area contributed by atoms with Crippen LogP contribution in [0.4, 0.5) is 0 Å². The van der Waals surface area contributed by atoms with Crippen LogP contribution in [0.15, 0.2) is 30.6 Å². The molecule has 5 heteroatoms. The van der Waals surface area contributed by atoms with Gasteiger partial charge in [0, 0.05) is 19.1 Å². The monoisotopic (exact) mass is 271 g/mol. The molecular weight excluding hydrogens is 250 g/mol.